The SMILES string of the molecule is Cc1ccc(-c2ccc3c(c2)OC(C)(C)C3)cc1.Cc1ccc(OB(O)O)cc1. The molecule has 0 atom stereocenters. The molecule has 29 heavy (non-hydrogen) atoms. The van der Waals surface area contributed by atoms with E-state index < -0.39 is 7.32 Å². The molecule has 0 saturated heterocycles. The first-order valence-corrected chi connectivity index (χ1v) is 9.70. The molecule has 0 unspecified atom stereocenters. The van der Waals surface area contributed by atoms with Crippen LogP contribution in [-0.2, 0) is 6.42 Å². The number of benzene rings is 3. The zero-order valence-electron chi connectivity index (χ0n) is 17.3. The van der Waals surface area contributed by atoms with Crippen LogP contribution in [0.5, 0.6) is 11.5 Å². The van der Waals surface area contributed by atoms with Crippen molar-refractivity contribution >= 4 is 7.32 Å². The van der Waals surface area contributed by atoms with E-state index in [0.717, 1.165) is 17.7 Å². The average molecular weight is 390 g/mol. The van der Waals surface area contributed by atoms with Gasteiger partial charge in [0, 0.05) is 6.42 Å². The van der Waals surface area contributed by atoms with E-state index in [4.69, 9.17) is 14.8 Å². The minimum absolute atomic E-state index is 0.0613. The minimum atomic E-state index is -1.74. The van der Waals surface area contributed by atoms with E-state index in [1.54, 1.807) is 12.1 Å². The highest BCUT2D eigenvalue weighted by Gasteiger charge is 2.29. The third-order valence-corrected chi connectivity index (χ3v) is 4.72. The van der Waals surface area contributed by atoms with Gasteiger partial charge in [0.1, 0.15) is 17.1 Å². The second kappa shape index (κ2) is 8.72. The van der Waals surface area contributed by atoms with Crippen LogP contribution in [0.1, 0.15) is 30.5 Å². The fraction of sp³-hybridized carbons (Fsp3) is 0.250. The molecule has 4 nitrogen and oxygen atoms in total. The molecule has 0 radical (unpaired) electrons. The van der Waals surface area contributed by atoms with Crippen molar-refractivity contribution in [2.75, 3.05) is 0 Å². The smallest absolute Gasteiger partial charge is 0.512 e. The highest BCUT2D eigenvalue weighted by Crippen LogP contribution is 2.37. The summed E-state index contributed by atoms with van der Waals surface area (Å²) in [6.45, 7) is 8.33. The topological polar surface area (TPSA) is 58.9 Å². The van der Waals surface area contributed by atoms with Crippen molar-refractivity contribution in [3.8, 4) is 22.6 Å². The van der Waals surface area contributed by atoms with Gasteiger partial charge in [-0.3, -0.25) is 0 Å². The first-order valence-electron chi connectivity index (χ1n) is 9.70. The Kier molecular flexibility index (Phi) is 6.31. The van der Waals surface area contributed by atoms with Crippen molar-refractivity contribution in [3.63, 3.8) is 0 Å². The summed E-state index contributed by atoms with van der Waals surface area (Å²) in [6.07, 6.45) is 0.997. The van der Waals surface area contributed by atoms with E-state index in [2.05, 4.69) is 67.9 Å². The average Bonchev–Trinajstić information content (AvgIpc) is 2.97. The highest BCUT2D eigenvalue weighted by atomic mass is 16.6. The van der Waals surface area contributed by atoms with Crippen LogP contribution in [0.4, 0.5) is 0 Å². The maximum atomic E-state index is 8.41. The molecule has 0 fully saturated rings. The molecule has 3 aromatic carbocycles. The maximum absolute atomic E-state index is 8.41. The molecule has 1 aliphatic heterocycles. The zero-order chi connectivity index (χ0) is 21.0. The lowest BCUT2D eigenvalue weighted by molar-refractivity contribution is 0.138. The van der Waals surface area contributed by atoms with Crippen LogP contribution in [0.25, 0.3) is 11.1 Å². The highest BCUT2D eigenvalue weighted by molar-refractivity contribution is 6.33. The van der Waals surface area contributed by atoms with Crippen molar-refractivity contribution in [1.29, 1.82) is 0 Å². The second-order valence-electron chi connectivity index (χ2n) is 7.98. The molecule has 3 aromatic rings. The summed E-state index contributed by atoms with van der Waals surface area (Å²) >= 11 is 0. The zero-order valence-corrected chi connectivity index (χ0v) is 17.3. The van der Waals surface area contributed by atoms with Gasteiger partial charge in [-0.05, 0) is 62.6 Å². The molecule has 0 bridgehead atoms. The lowest BCUT2D eigenvalue weighted by Gasteiger charge is -2.16. The Labute approximate surface area is 172 Å². The number of fused-ring (bicyclic) bond motifs is 1. The van der Waals surface area contributed by atoms with E-state index in [0.29, 0.717) is 5.75 Å². The van der Waals surface area contributed by atoms with Crippen molar-refractivity contribution in [2.45, 2.75) is 39.7 Å². The molecule has 2 N–H and O–H groups in total. The molecule has 0 spiro atoms. The van der Waals surface area contributed by atoms with E-state index >= 15 is 0 Å². The van der Waals surface area contributed by atoms with Crippen LogP contribution in [0.15, 0.2) is 66.7 Å². The van der Waals surface area contributed by atoms with Crippen molar-refractivity contribution in [2.24, 2.45) is 0 Å². The largest absolute Gasteiger partial charge is 0.707 e. The lowest BCUT2D eigenvalue weighted by Crippen LogP contribution is -2.24. The second-order valence-corrected chi connectivity index (χ2v) is 7.98. The molecule has 0 saturated carbocycles. The van der Waals surface area contributed by atoms with Gasteiger partial charge in [-0.1, -0.05) is 59.7 Å². The van der Waals surface area contributed by atoms with E-state index in [1.807, 2.05) is 19.1 Å². The Morgan fingerprint density at radius 1 is 0.828 bits per heavy atom. The summed E-state index contributed by atoms with van der Waals surface area (Å²) in [5, 5.41) is 16.8. The summed E-state index contributed by atoms with van der Waals surface area (Å²) < 4.78 is 10.6. The predicted octanol–water partition coefficient (Wildman–Crippen LogP) is 4.72. The first-order chi connectivity index (χ1) is 13.7. The van der Waals surface area contributed by atoms with Gasteiger partial charge < -0.3 is 19.4 Å². The third kappa shape index (κ3) is 5.86. The number of rotatable bonds is 3. The van der Waals surface area contributed by atoms with Gasteiger partial charge in [-0.25, -0.2) is 0 Å². The van der Waals surface area contributed by atoms with E-state index in [1.165, 1.54) is 22.3 Å². The summed E-state index contributed by atoms with van der Waals surface area (Å²) in [5.41, 5.74) is 6.12. The molecular formula is C24H27BO4. The Morgan fingerprint density at radius 2 is 1.38 bits per heavy atom. The monoisotopic (exact) mass is 390 g/mol. The number of aryl methyl sites for hydroxylation is 2. The molecule has 0 aromatic heterocycles. The van der Waals surface area contributed by atoms with Gasteiger partial charge in [-0.15, -0.1) is 0 Å². The van der Waals surface area contributed by atoms with Crippen molar-refractivity contribution in [3.05, 3.63) is 83.4 Å². The number of hydrogen-bond donors (Lipinski definition) is 2. The van der Waals surface area contributed by atoms with Crippen LogP contribution in [0.3, 0.4) is 0 Å². The molecule has 1 heterocycles. The van der Waals surface area contributed by atoms with Crippen LogP contribution in [-0.4, -0.2) is 23.0 Å². The van der Waals surface area contributed by atoms with Crippen LogP contribution < -0.4 is 9.39 Å². The summed E-state index contributed by atoms with van der Waals surface area (Å²) in [6, 6.07) is 22.2. The maximum Gasteiger partial charge on any atom is 0.707 e. The fourth-order valence-electron chi connectivity index (χ4n) is 3.25. The predicted molar refractivity (Wildman–Crippen MR) is 117 cm³/mol. The Bertz CT molecular complexity index is 948. The molecule has 5 heteroatoms. The minimum Gasteiger partial charge on any atom is -0.512 e. The lowest BCUT2D eigenvalue weighted by atomic mass is 9.98. The standard InChI is InChI=1S/C17H18O.C7H9BO3/c1-12-4-6-13(7-5-12)14-8-9-15-11-17(2,3)18-16(15)10-14;1-6-2-4-7(5-3-6)11-8(9)10/h4-10H,11H2,1-3H3;2-5,9-10H,1H3. The summed E-state index contributed by atoms with van der Waals surface area (Å²) in [4.78, 5) is 0. The number of ether oxygens (including phenoxy) is 1. The summed E-state index contributed by atoms with van der Waals surface area (Å²) in [5.74, 6) is 1.49. The molecule has 1 aliphatic rings. The van der Waals surface area contributed by atoms with Crippen molar-refractivity contribution in [1.82, 2.24) is 0 Å². The summed E-state index contributed by atoms with van der Waals surface area (Å²) in [7, 11) is -1.74. The number of hydrogen-bond acceptors (Lipinski definition) is 4. The van der Waals surface area contributed by atoms with E-state index in [9.17, 15) is 0 Å². The first kappa shape index (κ1) is 21.0. The Morgan fingerprint density at radius 3 is 1.97 bits per heavy atom. The van der Waals surface area contributed by atoms with Gasteiger partial charge in [0.05, 0.1) is 0 Å². The molecule has 0 aliphatic carbocycles. The van der Waals surface area contributed by atoms with Gasteiger partial charge in [0.2, 0.25) is 0 Å². The van der Waals surface area contributed by atoms with Crippen LogP contribution in [0.2, 0.25) is 0 Å². The van der Waals surface area contributed by atoms with Crippen LogP contribution in [0, 0.1) is 13.8 Å². The molecule has 0 amide bonds. The van der Waals surface area contributed by atoms with Crippen molar-refractivity contribution < 1.29 is 19.4 Å². The quantitative estimate of drug-likeness (QED) is 0.636. The van der Waals surface area contributed by atoms with E-state index in [-0.39, 0.29) is 5.60 Å². The molecule has 150 valence electrons. The normalized spacial score (nSPS) is 13.6. The Hall–Kier alpha value is -2.76. The van der Waals surface area contributed by atoms with Crippen LogP contribution >= 0.6 is 0 Å². The van der Waals surface area contributed by atoms with Gasteiger partial charge in [0.25, 0.3) is 0 Å². The van der Waals surface area contributed by atoms with Gasteiger partial charge in [-0.2, -0.15) is 0 Å². The fourth-order valence-corrected chi connectivity index (χ4v) is 3.25. The molecular weight excluding hydrogens is 363 g/mol. The third-order valence-electron chi connectivity index (χ3n) is 4.72. The van der Waals surface area contributed by atoms with Gasteiger partial charge in [0.15, 0.2) is 0 Å². The molecule has 4 rings (SSSR count). The Balaban J connectivity index is 0.000000188. The van der Waals surface area contributed by atoms with Gasteiger partial charge >= 0.3 is 7.32 Å².